The first kappa shape index (κ1) is 10.7. The highest BCUT2D eigenvalue weighted by atomic mass is 14.9. The number of benzene rings is 1. The van der Waals surface area contributed by atoms with E-state index in [9.17, 15) is 0 Å². The van der Waals surface area contributed by atoms with Crippen molar-refractivity contribution in [1.29, 1.82) is 0 Å². The Bertz CT molecular complexity index is 299. The van der Waals surface area contributed by atoms with Gasteiger partial charge in [0.15, 0.2) is 0 Å². The van der Waals surface area contributed by atoms with Crippen LogP contribution in [0, 0.1) is 6.92 Å². The van der Waals surface area contributed by atoms with Crippen molar-refractivity contribution in [1.82, 2.24) is 5.32 Å². The Morgan fingerprint density at radius 3 is 2.53 bits per heavy atom. The normalized spacial score (nSPS) is 24.9. The van der Waals surface area contributed by atoms with Gasteiger partial charge in [0.1, 0.15) is 0 Å². The molecule has 0 atom stereocenters. The van der Waals surface area contributed by atoms with Crippen molar-refractivity contribution in [2.75, 3.05) is 13.1 Å². The van der Waals surface area contributed by atoms with E-state index in [0.29, 0.717) is 6.04 Å². The Kier molecular flexibility index (Phi) is 3.39. The lowest BCUT2D eigenvalue weighted by atomic mass is 9.76. The van der Waals surface area contributed by atoms with Crippen LogP contribution in [0.15, 0.2) is 24.3 Å². The van der Waals surface area contributed by atoms with Crippen molar-refractivity contribution in [3.63, 3.8) is 0 Å². The molecule has 1 fully saturated rings. The molecule has 1 aromatic rings. The van der Waals surface area contributed by atoms with E-state index < -0.39 is 0 Å². The van der Waals surface area contributed by atoms with Gasteiger partial charge in [0, 0.05) is 19.1 Å². The summed E-state index contributed by atoms with van der Waals surface area (Å²) in [4.78, 5) is 0. The minimum absolute atomic E-state index is 0.694. The van der Waals surface area contributed by atoms with Crippen molar-refractivity contribution in [2.45, 2.75) is 31.7 Å². The molecule has 0 saturated heterocycles. The summed E-state index contributed by atoms with van der Waals surface area (Å²) in [7, 11) is 0. The van der Waals surface area contributed by atoms with E-state index in [1.54, 1.807) is 0 Å². The number of nitrogens with one attached hydrogen (secondary N) is 1. The summed E-state index contributed by atoms with van der Waals surface area (Å²) < 4.78 is 0. The maximum Gasteiger partial charge on any atom is 0.00792 e. The van der Waals surface area contributed by atoms with Crippen molar-refractivity contribution in [2.24, 2.45) is 5.73 Å². The summed E-state index contributed by atoms with van der Waals surface area (Å²) in [6, 6.07) is 9.63. The quantitative estimate of drug-likeness (QED) is 0.784. The fourth-order valence-corrected chi connectivity index (χ4v) is 2.18. The summed E-state index contributed by atoms with van der Waals surface area (Å²) in [5.41, 5.74) is 8.29. The van der Waals surface area contributed by atoms with Gasteiger partial charge in [-0.05, 0) is 31.2 Å². The molecule has 0 unspecified atom stereocenters. The maximum absolute atomic E-state index is 5.46. The smallest absolute Gasteiger partial charge is 0.00792 e. The molecule has 0 radical (unpaired) electrons. The Hall–Kier alpha value is -0.860. The minimum Gasteiger partial charge on any atom is -0.329 e. The molecule has 2 rings (SSSR count). The highest BCUT2D eigenvalue weighted by Gasteiger charge is 2.29. The molecule has 0 aromatic heterocycles. The fraction of sp³-hybridized carbons (Fsp3) is 0.538. The molecule has 0 amide bonds. The predicted molar refractivity (Wildman–Crippen MR) is 64.0 cm³/mol. The van der Waals surface area contributed by atoms with E-state index >= 15 is 0 Å². The van der Waals surface area contributed by atoms with Gasteiger partial charge >= 0.3 is 0 Å². The summed E-state index contributed by atoms with van der Waals surface area (Å²) >= 11 is 0. The first-order valence-corrected chi connectivity index (χ1v) is 5.79. The van der Waals surface area contributed by atoms with Gasteiger partial charge < -0.3 is 11.1 Å². The highest BCUT2D eigenvalue weighted by molar-refractivity contribution is 5.26. The molecule has 2 heteroatoms. The second-order valence-corrected chi connectivity index (χ2v) is 4.52. The van der Waals surface area contributed by atoms with Crippen LogP contribution in [0.1, 0.15) is 29.9 Å². The van der Waals surface area contributed by atoms with Gasteiger partial charge in [-0.15, -0.1) is 0 Å². The van der Waals surface area contributed by atoms with Gasteiger partial charge in [0.2, 0.25) is 0 Å². The molecule has 1 aromatic carbocycles. The number of hydrogen-bond acceptors (Lipinski definition) is 2. The zero-order valence-corrected chi connectivity index (χ0v) is 9.37. The Morgan fingerprint density at radius 1 is 1.27 bits per heavy atom. The topological polar surface area (TPSA) is 38.0 Å². The molecular formula is C13H20N2. The minimum atomic E-state index is 0.694. The summed E-state index contributed by atoms with van der Waals surface area (Å²) in [5, 5.41) is 3.45. The van der Waals surface area contributed by atoms with Crippen LogP contribution in [0.4, 0.5) is 0 Å². The molecule has 1 aliphatic carbocycles. The van der Waals surface area contributed by atoms with E-state index in [2.05, 4.69) is 36.5 Å². The molecule has 15 heavy (non-hydrogen) atoms. The highest BCUT2D eigenvalue weighted by Crippen LogP contribution is 2.36. The molecule has 1 saturated carbocycles. The molecule has 0 bridgehead atoms. The monoisotopic (exact) mass is 204 g/mol. The van der Waals surface area contributed by atoms with E-state index in [4.69, 9.17) is 5.73 Å². The van der Waals surface area contributed by atoms with Crippen molar-refractivity contribution in [3.05, 3.63) is 35.4 Å². The maximum atomic E-state index is 5.46. The lowest BCUT2D eigenvalue weighted by Gasteiger charge is -2.36. The third-order valence-electron chi connectivity index (χ3n) is 3.26. The lowest BCUT2D eigenvalue weighted by Crippen LogP contribution is -2.42. The molecular weight excluding hydrogens is 184 g/mol. The van der Waals surface area contributed by atoms with Gasteiger partial charge in [0.05, 0.1) is 0 Å². The van der Waals surface area contributed by atoms with Crippen LogP contribution in [-0.4, -0.2) is 19.1 Å². The van der Waals surface area contributed by atoms with Crippen LogP contribution in [0.2, 0.25) is 0 Å². The van der Waals surface area contributed by atoms with Crippen molar-refractivity contribution >= 4 is 0 Å². The molecule has 3 N–H and O–H groups in total. The summed E-state index contributed by atoms with van der Waals surface area (Å²) in [6.07, 6.45) is 2.53. The summed E-state index contributed by atoms with van der Waals surface area (Å²) in [6.45, 7) is 3.83. The van der Waals surface area contributed by atoms with Crippen LogP contribution in [-0.2, 0) is 0 Å². The van der Waals surface area contributed by atoms with Gasteiger partial charge in [0.25, 0.3) is 0 Å². The number of aryl methyl sites for hydroxylation is 1. The zero-order chi connectivity index (χ0) is 10.7. The van der Waals surface area contributed by atoms with Crippen LogP contribution >= 0.6 is 0 Å². The molecule has 0 heterocycles. The average Bonchev–Trinajstić information content (AvgIpc) is 2.18. The van der Waals surface area contributed by atoms with E-state index in [1.807, 2.05) is 0 Å². The SMILES string of the molecule is Cc1ccc(C2CC(NCCN)C2)cc1. The largest absolute Gasteiger partial charge is 0.329 e. The first-order chi connectivity index (χ1) is 7.29. The van der Waals surface area contributed by atoms with Gasteiger partial charge in [-0.3, -0.25) is 0 Å². The van der Waals surface area contributed by atoms with E-state index in [-0.39, 0.29) is 0 Å². The third kappa shape index (κ3) is 2.58. The number of hydrogen-bond donors (Lipinski definition) is 2. The molecule has 2 nitrogen and oxygen atoms in total. The first-order valence-electron chi connectivity index (χ1n) is 5.79. The van der Waals surface area contributed by atoms with Crippen LogP contribution in [0.3, 0.4) is 0 Å². The predicted octanol–water partition coefficient (Wildman–Crippen LogP) is 1.79. The lowest BCUT2D eigenvalue weighted by molar-refractivity contribution is 0.294. The zero-order valence-electron chi connectivity index (χ0n) is 9.37. The Balaban J connectivity index is 1.81. The number of rotatable bonds is 4. The second-order valence-electron chi connectivity index (χ2n) is 4.52. The van der Waals surface area contributed by atoms with Crippen LogP contribution < -0.4 is 11.1 Å². The van der Waals surface area contributed by atoms with Gasteiger partial charge in [-0.1, -0.05) is 29.8 Å². The van der Waals surface area contributed by atoms with Crippen LogP contribution in [0.5, 0.6) is 0 Å². The standard InChI is InChI=1S/C13H20N2/c1-10-2-4-11(5-3-10)12-8-13(9-12)15-7-6-14/h2-5,12-13,15H,6-9,14H2,1H3. The molecule has 82 valence electrons. The van der Waals surface area contributed by atoms with E-state index in [0.717, 1.165) is 19.0 Å². The van der Waals surface area contributed by atoms with E-state index in [1.165, 1.54) is 24.0 Å². The third-order valence-corrected chi connectivity index (χ3v) is 3.26. The molecule has 1 aliphatic rings. The second kappa shape index (κ2) is 4.77. The molecule has 0 aliphatic heterocycles. The summed E-state index contributed by atoms with van der Waals surface area (Å²) in [5.74, 6) is 0.765. The fourth-order valence-electron chi connectivity index (χ4n) is 2.18. The molecule has 0 spiro atoms. The van der Waals surface area contributed by atoms with Gasteiger partial charge in [-0.2, -0.15) is 0 Å². The number of nitrogens with two attached hydrogens (primary N) is 1. The van der Waals surface area contributed by atoms with Crippen molar-refractivity contribution < 1.29 is 0 Å². The van der Waals surface area contributed by atoms with Crippen LogP contribution in [0.25, 0.3) is 0 Å². The van der Waals surface area contributed by atoms with Gasteiger partial charge in [-0.25, -0.2) is 0 Å². The Labute approximate surface area is 91.9 Å². The average molecular weight is 204 g/mol. The Morgan fingerprint density at radius 2 is 1.93 bits per heavy atom. The van der Waals surface area contributed by atoms with Crippen molar-refractivity contribution in [3.8, 4) is 0 Å².